The maximum atomic E-state index is 14.5. The first-order valence-electron chi connectivity index (χ1n) is 8.99. The molecule has 2 saturated heterocycles. The number of nitrogens with zero attached hydrogens (tertiary/aromatic N) is 3. The van der Waals surface area contributed by atoms with E-state index in [9.17, 15) is 19.3 Å². The first-order valence-corrected chi connectivity index (χ1v) is 8.99. The summed E-state index contributed by atoms with van der Waals surface area (Å²) < 4.78 is 24.3. The van der Waals surface area contributed by atoms with E-state index in [1.807, 2.05) is 4.90 Å². The number of hydrogen-bond donors (Lipinski definition) is 0. The Morgan fingerprint density at radius 2 is 1.74 bits per heavy atom. The third kappa shape index (κ3) is 3.77. The van der Waals surface area contributed by atoms with Crippen molar-refractivity contribution in [2.75, 3.05) is 45.3 Å². The van der Waals surface area contributed by atoms with E-state index in [1.54, 1.807) is 4.90 Å². The highest BCUT2D eigenvalue weighted by atomic mass is 19.1. The number of halogens is 1. The van der Waals surface area contributed by atoms with Crippen molar-refractivity contribution in [2.45, 2.75) is 25.7 Å². The van der Waals surface area contributed by atoms with Gasteiger partial charge in [-0.3, -0.25) is 10.1 Å². The van der Waals surface area contributed by atoms with Gasteiger partial charge in [-0.2, -0.15) is 0 Å². The van der Waals surface area contributed by atoms with Crippen molar-refractivity contribution < 1.29 is 23.6 Å². The van der Waals surface area contributed by atoms with Gasteiger partial charge in [0, 0.05) is 32.2 Å². The van der Waals surface area contributed by atoms with Crippen LogP contribution in [0.2, 0.25) is 0 Å². The molecule has 0 unspecified atom stereocenters. The van der Waals surface area contributed by atoms with Crippen molar-refractivity contribution >= 4 is 17.5 Å². The highest BCUT2D eigenvalue weighted by Gasteiger charge is 2.39. The molecule has 2 heterocycles. The third-order valence-electron chi connectivity index (χ3n) is 5.87. The number of hydrogen-bond acceptors (Lipinski definition) is 6. The molecule has 0 N–H and O–H groups in total. The summed E-state index contributed by atoms with van der Waals surface area (Å²) >= 11 is 0. The number of benzene rings is 1. The number of piperidine rings is 2. The Labute approximate surface area is 157 Å². The average Bonchev–Trinajstić information content (AvgIpc) is 2.68. The van der Waals surface area contributed by atoms with Gasteiger partial charge >= 0.3 is 11.8 Å². The first-order chi connectivity index (χ1) is 12.9. The minimum absolute atomic E-state index is 0.0584. The molecule has 0 radical (unpaired) electrons. The Balaban J connectivity index is 1.68. The number of anilines is 1. The van der Waals surface area contributed by atoms with Crippen LogP contribution in [-0.2, 0) is 4.74 Å². The standard InChI is InChI=1S/C18H24FN3O5/c1-26-16-12-14(13(19)11-15(16)22(24)25)20-7-3-18(4-8-20)5-9-21(10-6-18)17(23)27-2/h11-12H,3-10H2,1-2H3. The van der Waals surface area contributed by atoms with Crippen molar-refractivity contribution in [2.24, 2.45) is 5.41 Å². The van der Waals surface area contributed by atoms with Crippen LogP contribution in [0.5, 0.6) is 5.75 Å². The topological polar surface area (TPSA) is 85.2 Å². The molecule has 0 saturated carbocycles. The molecule has 0 aliphatic carbocycles. The SMILES string of the molecule is COC(=O)N1CCC2(CC1)CCN(c1cc(OC)c([N+](=O)[O-])cc1F)CC2. The summed E-state index contributed by atoms with van der Waals surface area (Å²) in [6.45, 7) is 2.67. The van der Waals surface area contributed by atoms with Gasteiger partial charge in [-0.25, -0.2) is 9.18 Å². The van der Waals surface area contributed by atoms with Gasteiger partial charge in [-0.15, -0.1) is 0 Å². The fourth-order valence-corrected chi connectivity index (χ4v) is 4.10. The van der Waals surface area contributed by atoms with Crippen LogP contribution in [0, 0.1) is 21.3 Å². The van der Waals surface area contributed by atoms with Gasteiger partial charge in [0.05, 0.1) is 30.9 Å². The minimum atomic E-state index is -0.647. The quantitative estimate of drug-likeness (QED) is 0.590. The average molecular weight is 381 g/mol. The molecule has 148 valence electrons. The second kappa shape index (κ2) is 7.58. The normalized spacial score (nSPS) is 19.1. The molecule has 0 atom stereocenters. The zero-order chi connectivity index (χ0) is 19.6. The Bertz CT molecular complexity index is 724. The highest BCUT2D eigenvalue weighted by molar-refractivity contribution is 5.67. The van der Waals surface area contributed by atoms with Crippen LogP contribution in [0.25, 0.3) is 0 Å². The maximum Gasteiger partial charge on any atom is 0.409 e. The van der Waals surface area contributed by atoms with Crippen molar-refractivity contribution in [1.29, 1.82) is 0 Å². The smallest absolute Gasteiger partial charge is 0.409 e. The van der Waals surface area contributed by atoms with Crippen LogP contribution in [0.3, 0.4) is 0 Å². The van der Waals surface area contributed by atoms with E-state index in [-0.39, 0.29) is 22.9 Å². The van der Waals surface area contributed by atoms with Gasteiger partial charge in [0.25, 0.3) is 0 Å². The van der Waals surface area contributed by atoms with E-state index in [0.29, 0.717) is 31.9 Å². The number of methoxy groups -OCH3 is 2. The molecule has 9 heteroatoms. The number of carbonyl (C=O) groups is 1. The Morgan fingerprint density at radius 1 is 1.15 bits per heavy atom. The number of rotatable bonds is 3. The number of carbonyl (C=O) groups excluding carboxylic acids is 1. The Kier molecular flexibility index (Phi) is 5.38. The van der Waals surface area contributed by atoms with Crippen molar-refractivity contribution in [3.8, 4) is 5.75 Å². The summed E-state index contributed by atoms with van der Waals surface area (Å²) in [7, 11) is 2.72. The monoisotopic (exact) mass is 381 g/mol. The van der Waals surface area contributed by atoms with Crippen LogP contribution in [0.1, 0.15) is 25.7 Å². The lowest BCUT2D eigenvalue weighted by molar-refractivity contribution is -0.385. The van der Waals surface area contributed by atoms with Gasteiger partial charge in [0.1, 0.15) is 0 Å². The molecule has 2 fully saturated rings. The molecule has 27 heavy (non-hydrogen) atoms. The zero-order valence-electron chi connectivity index (χ0n) is 15.6. The minimum Gasteiger partial charge on any atom is -0.490 e. The van der Waals surface area contributed by atoms with E-state index in [0.717, 1.165) is 31.7 Å². The van der Waals surface area contributed by atoms with E-state index in [1.165, 1.54) is 20.3 Å². The predicted molar refractivity (Wildman–Crippen MR) is 96.7 cm³/mol. The van der Waals surface area contributed by atoms with E-state index < -0.39 is 10.7 Å². The van der Waals surface area contributed by atoms with Gasteiger partial charge in [0.15, 0.2) is 11.6 Å². The van der Waals surface area contributed by atoms with Crippen LogP contribution < -0.4 is 9.64 Å². The fraction of sp³-hybridized carbons (Fsp3) is 0.611. The largest absolute Gasteiger partial charge is 0.490 e. The van der Waals surface area contributed by atoms with Gasteiger partial charge in [-0.05, 0) is 31.1 Å². The number of nitro benzene ring substituents is 1. The van der Waals surface area contributed by atoms with E-state index >= 15 is 0 Å². The van der Waals surface area contributed by atoms with Crippen molar-refractivity contribution in [3.63, 3.8) is 0 Å². The van der Waals surface area contributed by atoms with Crippen LogP contribution >= 0.6 is 0 Å². The summed E-state index contributed by atoms with van der Waals surface area (Å²) in [6.07, 6.45) is 3.30. The van der Waals surface area contributed by atoms with Gasteiger partial charge in [0.2, 0.25) is 0 Å². The number of likely N-dealkylation sites (tertiary alicyclic amines) is 1. The van der Waals surface area contributed by atoms with Crippen LogP contribution in [0.15, 0.2) is 12.1 Å². The lowest BCUT2D eigenvalue weighted by atomic mass is 9.71. The zero-order valence-corrected chi connectivity index (χ0v) is 15.6. The van der Waals surface area contributed by atoms with Crippen LogP contribution in [-0.4, -0.2) is 56.3 Å². The lowest BCUT2D eigenvalue weighted by Crippen LogP contribution is -2.48. The number of amides is 1. The molecule has 1 aromatic rings. The second-order valence-corrected chi connectivity index (χ2v) is 7.18. The van der Waals surface area contributed by atoms with Gasteiger partial charge < -0.3 is 19.3 Å². The molecule has 8 nitrogen and oxygen atoms in total. The van der Waals surface area contributed by atoms with Crippen molar-refractivity contribution in [1.82, 2.24) is 4.90 Å². The summed E-state index contributed by atoms with van der Waals surface area (Å²) in [5, 5.41) is 11.0. The number of ether oxygens (including phenoxy) is 2. The summed E-state index contributed by atoms with van der Waals surface area (Å²) in [4.78, 5) is 25.7. The molecule has 0 bridgehead atoms. The molecule has 1 aromatic carbocycles. The molecule has 2 aliphatic heterocycles. The summed E-state index contributed by atoms with van der Waals surface area (Å²) in [6, 6.07) is 2.33. The third-order valence-corrected chi connectivity index (χ3v) is 5.87. The Hall–Kier alpha value is -2.58. The summed E-state index contributed by atoms with van der Waals surface area (Å²) in [5.41, 5.74) is 0.115. The van der Waals surface area contributed by atoms with E-state index in [4.69, 9.17) is 9.47 Å². The molecular formula is C18H24FN3O5. The summed E-state index contributed by atoms with van der Waals surface area (Å²) in [5.74, 6) is -0.554. The van der Waals surface area contributed by atoms with Crippen molar-refractivity contribution in [3.05, 3.63) is 28.1 Å². The second-order valence-electron chi connectivity index (χ2n) is 7.18. The molecular weight excluding hydrogens is 357 g/mol. The fourth-order valence-electron chi connectivity index (χ4n) is 4.10. The molecule has 3 rings (SSSR count). The lowest BCUT2D eigenvalue weighted by Gasteiger charge is -2.47. The van der Waals surface area contributed by atoms with Crippen LogP contribution in [0.4, 0.5) is 20.6 Å². The predicted octanol–water partition coefficient (Wildman–Crippen LogP) is 3.19. The van der Waals surface area contributed by atoms with E-state index in [2.05, 4.69) is 0 Å². The Morgan fingerprint density at radius 3 is 2.26 bits per heavy atom. The van der Waals surface area contributed by atoms with Gasteiger partial charge in [-0.1, -0.05) is 0 Å². The first kappa shape index (κ1) is 19.2. The number of nitro groups is 1. The maximum absolute atomic E-state index is 14.5. The molecule has 1 spiro atoms. The molecule has 2 aliphatic rings. The molecule has 1 amide bonds. The highest BCUT2D eigenvalue weighted by Crippen LogP contribution is 2.43. The molecule has 0 aromatic heterocycles.